The lowest BCUT2D eigenvalue weighted by Crippen LogP contribution is -3.08. The smallest absolute Gasteiger partial charge is 0.337 e. The SMILES string of the molecule is CCc1ccc(C[NH+](C)CC(=O)Nc2cc(C(=O)OC)cc(C(=O)OC)c2)cc1. The van der Waals surface area contributed by atoms with E-state index in [4.69, 9.17) is 9.47 Å². The van der Waals surface area contributed by atoms with Crippen molar-refractivity contribution in [1.82, 2.24) is 0 Å². The summed E-state index contributed by atoms with van der Waals surface area (Å²) in [5, 5.41) is 2.74. The topological polar surface area (TPSA) is 86.1 Å². The van der Waals surface area contributed by atoms with Crippen LogP contribution in [-0.2, 0) is 27.2 Å². The lowest BCUT2D eigenvalue weighted by Gasteiger charge is -2.15. The van der Waals surface area contributed by atoms with Crippen LogP contribution in [0, 0.1) is 0 Å². The summed E-state index contributed by atoms with van der Waals surface area (Å²) in [4.78, 5) is 37.2. The Kier molecular flexibility index (Phi) is 7.91. The molecule has 0 aliphatic carbocycles. The highest BCUT2D eigenvalue weighted by atomic mass is 16.5. The van der Waals surface area contributed by atoms with Gasteiger partial charge >= 0.3 is 11.9 Å². The van der Waals surface area contributed by atoms with Crippen molar-refractivity contribution < 1.29 is 28.8 Å². The molecule has 2 aromatic rings. The minimum atomic E-state index is -0.607. The Morgan fingerprint density at radius 2 is 1.41 bits per heavy atom. The molecule has 1 amide bonds. The van der Waals surface area contributed by atoms with Crippen molar-refractivity contribution in [2.24, 2.45) is 0 Å². The maximum atomic E-state index is 12.5. The average molecular weight is 399 g/mol. The zero-order valence-electron chi connectivity index (χ0n) is 17.2. The third kappa shape index (κ3) is 6.43. The molecule has 2 N–H and O–H groups in total. The molecule has 2 aromatic carbocycles. The molecule has 154 valence electrons. The predicted molar refractivity (Wildman–Crippen MR) is 109 cm³/mol. The highest BCUT2D eigenvalue weighted by molar-refractivity contribution is 5.99. The molecule has 0 bridgehead atoms. The Balaban J connectivity index is 2.06. The summed E-state index contributed by atoms with van der Waals surface area (Å²) in [5.74, 6) is -1.44. The molecule has 0 aliphatic heterocycles. The fourth-order valence-electron chi connectivity index (χ4n) is 2.95. The number of esters is 2. The molecule has 0 spiro atoms. The number of methoxy groups -OCH3 is 2. The van der Waals surface area contributed by atoms with Crippen molar-refractivity contribution in [3.8, 4) is 0 Å². The lowest BCUT2D eigenvalue weighted by molar-refractivity contribution is -0.885. The molecule has 7 heteroatoms. The molecule has 0 aromatic heterocycles. The minimum absolute atomic E-state index is 0.155. The van der Waals surface area contributed by atoms with Gasteiger partial charge in [-0.25, -0.2) is 9.59 Å². The van der Waals surface area contributed by atoms with Crippen LogP contribution in [0.15, 0.2) is 42.5 Å². The number of likely N-dealkylation sites (N-methyl/N-ethyl adjacent to an activating group) is 1. The van der Waals surface area contributed by atoms with Gasteiger partial charge in [0.2, 0.25) is 0 Å². The number of hydrogen-bond donors (Lipinski definition) is 2. The van der Waals surface area contributed by atoms with E-state index in [1.807, 2.05) is 7.05 Å². The van der Waals surface area contributed by atoms with Crippen LogP contribution < -0.4 is 10.2 Å². The number of carbonyl (C=O) groups is 3. The van der Waals surface area contributed by atoms with Gasteiger partial charge in [0.15, 0.2) is 6.54 Å². The zero-order chi connectivity index (χ0) is 21.4. The molecule has 1 unspecified atom stereocenters. The molecule has 0 fully saturated rings. The summed E-state index contributed by atoms with van der Waals surface area (Å²) in [6.07, 6.45) is 0.990. The van der Waals surface area contributed by atoms with E-state index in [0.29, 0.717) is 12.2 Å². The normalized spacial score (nSPS) is 11.4. The van der Waals surface area contributed by atoms with Gasteiger partial charge in [0.1, 0.15) is 6.54 Å². The number of benzene rings is 2. The van der Waals surface area contributed by atoms with Crippen LogP contribution in [0.25, 0.3) is 0 Å². The summed E-state index contributed by atoms with van der Waals surface area (Å²) in [5.41, 5.74) is 3.06. The van der Waals surface area contributed by atoms with E-state index in [1.165, 1.54) is 38.0 Å². The van der Waals surface area contributed by atoms with Crippen LogP contribution in [0.3, 0.4) is 0 Å². The van der Waals surface area contributed by atoms with E-state index < -0.39 is 11.9 Å². The molecule has 0 aliphatic rings. The van der Waals surface area contributed by atoms with Crippen LogP contribution in [0.4, 0.5) is 5.69 Å². The second-order valence-electron chi connectivity index (χ2n) is 6.81. The first-order valence-corrected chi connectivity index (χ1v) is 9.37. The Hall–Kier alpha value is -3.19. The molecule has 2 rings (SSSR count). The average Bonchev–Trinajstić information content (AvgIpc) is 2.72. The quantitative estimate of drug-likeness (QED) is 0.657. The number of aryl methyl sites for hydroxylation is 1. The first-order valence-electron chi connectivity index (χ1n) is 9.37. The summed E-state index contributed by atoms with van der Waals surface area (Å²) in [7, 11) is 4.42. The number of hydrogen-bond acceptors (Lipinski definition) is 5. The van der Waals surface area contributed by atoms with E-state index in [1.54, 1.807) is 0 Å². The molecule has 29 heavy (non-hydrogen) atoms. The highest BCUT2D eigenvalue weighted by Gasteiger charge is 2.16. The number of anilines is 1. The van der Waals surface area contributed by atoms with Crippen molar-refractivity contribution >= 4 is 23.5 Å². The van der Waals surface area contributed by atoms with Crippen LogP contribution in [0.5, 0.6) is 0 Å². The van der Waals surface area contributed by atoms with Gasteiger partial charge < -0.3 is 19.7 Å². The second kappa shape index (κ2) is 10.4. The number of rotatable bonds is 8. The van der Waals surface area contributed by atoms with Crippen molar-refractivity contribution in [3.63, 3.8) is 0 Å². The monoisotopic (exact) mass is 399 g/mol. The maximum absolute atomic E-state index is 12.5. The van der Waals surface area contributed by atoms with Gasteiger partial charge in [-0.05, 0) is 30.2 Å². The standard InChI is InChI=1S/C22H26N2O5/c1-5-15-6-8-16(9-7-15)13-24(2)14-20(25)23-19-11-17(21(26)28-3)10-18(12-19)22(27)29-4/h6-12H,5,13-14H2,1-4H3,(H,23,25)/p+1. The molecule has 0 saturated carbocycles. The van der Waals surface area contributed by atoms with E-state index in [-0.39, 0.29) is 23.6 Å². The van der Waals surface area contributed by atoms with Gasteiger partial charge in [-0.3, -0.25) is 4.79 Å². The molecular formula is C22H27N2O5+. The van der Waals surface area contributed by atoms with Gasteiger partial charge in [0.25, 0.3) is 5.91 Å². The van der Waals surface area contributed by atoms with Crippen molar-refractivity contribution in [1.29, 1.82) is 0 Å². The van der Waals surface area contributed by atoms with Crippen molar-refractivity contribution in [3.05, 3.63) is 64.7 Å². The molecular weight excluding hydrogens is 372 g/mol. The number of amides is 1. The van der Waals surface area contributed by atoms with Crippen molar-refractivity contribution in [2.75, 3.05) is 33.1 Å². The Morgan fingerprint density at radius 3 is 1.90 bits per heavy atom. The molecule has 0 saturated heterocycles. The third-order valence-electron chi connectivity index (χ3n) is 4.46. The lowest BCUT2D eigenvalue weighted by atomic mass is 10.1. The summed E-state index contributed by atoms with van der Waals surface area (Å²) >= 11 is 0. The number of ether oxygens (including phenoxy) is 2. The van der Waals surface area contributed by atoms with Gasteiger partial charge in [-0.2, -0.15) is 0 Å². The molecule has 0 radical (unpaired) electrons. The maximum Gasteiger partial charge on any atom is 0.337 e. The highest BCUT2D eigenvalue weighted by Crippen LogP contribution is 2.17. The van der Waals surface area contributed by atoms with E-state index in [0.717, 1.165) is 16.9 Å². The van der Waals surface area contributed by atoms with Crippen LogP contribution in [0.2, 0.25) is 0 Å². The fourth-order valence-corrected chi connectivity index (χ4v) is 2.95. The number of quaternary nitrogens is 1. The predicted octanol–water partition coefficient (Wildman–Crippen LogP) is 1.48. The summed E-state index contributed by atoms with van der Waals surface area (Å²) in [6.45, 7) is 3.04. The van der Waals surface area contributed by atoms with Crippen molar-refractivity contribution in [2.45, 2.75) is 19.9 Å². The first-order chi connectivity index (χ1) is 13.9. The largest absolute Gasteiger partial charge is 0.465 e. The summed E-state index contributed by atoms with van der Waals surface area (Å²) in [6, 6.07) is 12.6. The van der Waals surface area contributed by atoms with Gasteiger partial charge in [-0.15, -0.1) is 0 Å². The van der Waals surface area contributed by atoms with E-state index in [2.05, 4.69) is 36.5 Å². The van der Waals surface area contributed by atoms with Gasteiger partial charge in [0, 0.05) is 11.3 Å². The Morgan fingerprint density at radius 1 is 0.897 bits per heavy atom. The third-order valence-corrected chi connectivity index (χ3v) is 4.46. The molecule has 0 heterocycles. The van der Waals surface area contributed by atoms with E-state index in [9.17, 15) is 14.4 Å². The zero-order valence-corrected chi connectivity index (χ0v) is 17.2. The van der Waals surface area contributed by atoms with Crippen LogP contribution in [0.1, 0.15) is 38.8 Å². The molecule has 7 nitrogen and oxygen atoms in total. The fraction of sp³-hybridized carbons (Fsp3) is 0.318. The summed E-state index contributed by atoms with van der Waals surface area (Å²) < 4.78 is 9.41. The second-order valence-corrected chi connectivity index (χ2v) is 6.81. The van der Waals surface area contributed by atoms with Gasteiger partial charge in [-0.1, -0.05) is 31.2 Å². The van der Waals surface area contributed by atoms with Crippen LogP contribution in [-0.4, -0.2) is 45.7 Å². The van der Waals surface area contributed by atoms with Crippen LogP contribution >= 0.6 is 0 Å². The minimum Gasteiger partial charge on any atom is -0.465 e. The first kappa shape index (κ1) is 22.1. The Labute approximate surface area is 170 Å². The molecule has 1 atom stereocenters. The van der Waals surface area contributed by atoms with Gasteiger partial charge in [0.05, 0.1) is 32.4 Å². The van der Waals surface area contributed by atoms with E-state index >= 15 is 0 Å². The number of carbonyl (C=O) groups excluding carboxylic acids is 3. The Bertz CT molecular complexity index is 843. The number of nitrogens with one attached hydrogen (secondary N) is 2.